The van der Waals surface area contributed by atoms with E-state index in [-0.39, 0.29) is 11.8 Å². The Morgan fingerprint density at radius 3 is 2.44 bits per heavy atom. The maximum atomic E-state index is 10.0. The van der Waals surface area contributed by atoms with Crippen molar-refractivity contribution >= 4 is 10.7 Å². The molecule has 1 unspecified atom stereocenters. The Morgan fingerprint density at radius 1 is 1.56 bits per heavy atom. The molecule has 0 rings (SSSR count). The fraction of sp³-hybridized carbons (Fsp3) is 0.800. The average Bonchev–Trinajstić information content (AvgIpc) is 1.63. The summed E-state index contributed by atoms with van der Waals surface area (Å²) in [6.07, 6.45) is 1.38. The minimum Gasteiger partial charge on any atom is -0.327 e. The van der Waals surface area contributed by atoms with Crippen LogP contribution in [0.1, 0.15) is 12.8 Å². The number of rotatable bonds is 4. The predicted molar refractivity (Wildman–Crippen MR) is 37.7 cm³/mol. The zero-order chi connectivity index (χ0) is 7.28. The SMILES string of the molecule is [CH2]CCC(N)C[SH](=O)=O. The minimum atomic E-state index is -2.30. The first kappa shape index (κ1) is 8.91. The molecule has 0 fully saturated rings. The van der Waals surface area contributed by atoms with E-state index in [4.69, 9.17) is 5.73 Å². The van der Waals surface area contributed by atoms with Gasteiger partial charge in [-0.15, -0.1) is 0 Å². The first-order valence-electron chi connectivity index (χ1n) is 2.83. The van der Waals surface area contributed by atoms with E-state index in [1.54, 1.807) is 0 Å². The van der Waals surface area contributed by atoms with Gasteiger partial charge in [-0.05, 0) is 6.42 Å². The van der Waals surface area contributed by atoms with Gasteiger partial charge in [0.1, 0.15) is 10.7 Å². The molecule has 0 saturated heterocycles. The molecule has 4 heteroatoms. The van der Waals surface area contributed by atoms with Crippen molar-refractivity contribution in [3.8, 4) is 0 Å². The summed E-state index contributed by atoms with van der Waals surface area (Å²) in [5.41, 5.74) is 5.36. The summed E-state index contributed by atoms with van der Waals surface area (Å²) < 4.78 is 20.0. The van der Waals surface area contributed by atoms with Crippen LogP contribution in [0.4, 0.5) is 0 Å². The fourth-order valence-corrected chi connectivity index (χ4v) is 1.11. The Labute approximate surface area is 57.2 Å². The van der Waals surface area contributed by atoms with E-state index >= 15 is 0 Å². The van der Waals surface area contributed by atoms with Crippen LogP contribution in [0.5, 0.6) is 0 Å². The number of nitrogens with two attached hydrogens (primary N) is 1. The van der Waals surface area contributed by atoms with Gasteiger partial charge < -0.3 is 5.73 Å². The van der Waals surface area contributed by atoms with Gasteiger partial charge in [-0.2, -0.15) is 0 Å². The standard InChI is InChI=1S/C5H12NO2S/c1-2-3-5(6)4-9(7)8/h5,9H,1-4,6H2. The largest absolute Gasteiger partial charge is 0.327 e. The van der Waals surface area contributed by atoms with Crippen molar-refractivity contribution in [2.24, 2.45) is 5.73 Å². The van der Waals surface area contributed by atoms with E-state index in [1.165, 1.54) is 0 Å². The normalized spacial score (nSPS) is 14.1. The third-order valence-electron chi connectivity index (χ3n) is 0.958. The molecular weight excluding hydrogens is 138 g/mol. The maximum Gasteiger partial charge on any atom is 0.141 e. The quantitative estimate of drug-likeness (QED) is 0.533. The second kappa shape index (κ2) is 4.76. The lowest BCUT2D eigenvalue weighted by molar-refractivity contribution is 0.598. The third kappa shape index (κ3) is 5.79. The molecule has 0 spiro atoms. The van der Waals surface area contributed by atoms with Crippen LogP contribution in [0.2, 0.25) is 0 Å². The maximum absolute atomic E-state index is 10.0. The molecule has 0 amide bonds. The molecule has 0 aromatic carbocycles. The van der Waals surface area contributed by atoms with Crippen LogP contribution < -0.4 is 5.73 Å². The smallest absolute Gasteiger partial charge is 0.141 e. The van der Waals surface area contributed by atoms with Crippen molar-refractivity contribution in [2.45, 2.75) is 18.9 Å². The molecule has 9 heavy (non-hydrogen) atoms. The van der Waals surface area contributed by atoms with Gasteiger partial charge in [-0.25, -0.2) is 8.42 Å². The third-order valence-corrected chi connectivity index (χ3v) is 1.73. The molecule has 3 nitrogen and oxygen atoms in total. The van der Waals surface area contributed by atoms with E-state index in [0.29, 0.717) is 12.8 Å². The Balaban J connectivity index is 3.37. The lowest BCUT2D eigenvalue weighted by Crippen LogP contribution is -2.24. The van der Waals surface area contributed by atoms with E-state index in [2.05, 4.69) is 6.92 Å². The molecule has 0 heterocycles. The van der Waals surface area contributed by atoms with Crippen LogP contribution in [-0.4, -0.2) is 20.2 Å². The highest BCUT2D eigenvalue weighted by atomic mass is 32.2. The monoisotopic (exact) mass is 150 g/mol. The van der Waals surface area contributed by atoms with Gasteiger partial charge in [0.25, 0.3) is 0 Å². The van der Waals surface area contributed by atoms with Gasteiger partial charge in [-0.3, -0.25) is 0 Å². The van der Waals surface area contributed by atoms with Crippen LogP contribution in [-0.2, 0) is 10.7 Å². The number of thiol groups is 1. The molecule has 0 saturated carbocycles. The lowest BCUT2D eigenvalue weighted by atomic mass is 10.2. The van der Waals surface area contributed by atoms with Crippen molar-refractivity contribution in [3.63, 3.8) is 0 Å². The topological polar surface area (TPSA) is 60.2 Å². The molecule has 0 aliphatic carbocycles. The Morgan fingerprint density at radius 2 is 2.11 bits per heavy atom. The summed E-state index contributed by atoms with van der Waals surface area (Å²) in [6, 6.07) is -0.219. The summed E-state index contributed by atoms with van der Waals surface area (Å²) >= 11 is 0. The fourth-order valence-electron chi connectivity index (χ4n) is 0.545. The van der Waals surface area contributed by atoms with Crippen molar-refractivity contribution in [1.82, 2.24) is 0 Å². The summed E-state index contributed by atoms with van der Waals surface area (Å²) in [5.74, 6) is 0.0881. The summed E-state index contributed by atoms with van der Waals surface area (Å²) in [4.78, 5) is 0. The zero-order valence-corrected chi connectivity index (χ0v) is 6.14. The molecule has 0 bridgehead atoms. The Kier molecular flexibility index (Phi) is 4.71. The molecule has 1 radical (unpaired) electrons. The molecular formula is C5H12NO2S. The second-order valence-corrected chi connectivity index (χ2v) is 2.95. The molecule has 0 aromatic heterocycles. The zero-order valence-electron chi connectivity index (χ0n) is 5.25. The van der Waals surface area contributed by atoms with E-state index < -0.39 is 10.7 Å². The van der Waals surface area contributed by atoms with E-state index in [9.17, 15) is 8.42 Å². The van der Waals surface area contributed by atoms with Crippen molar-refractivity contribution in [3.05, 3.63) is 6.92 Å². The average molecular weight is 150 g/mol. The lowest BCUT2D eigenvalue weighted by Gasteiger charge is -2.02. The van der Waals surface area contributed by atoms with Gasteiger partial charge in [-0.1, -0.05) is 13.3 Å². The highest BCUT2D eigenvalue weighted by molar-refractivity contribution is 7.72. The van der Waals surface area contributed by atoms with E-state index in [0.717, 1.165) is 0 Å². The van der Waals surface area contributed by atoms with Crippen molar-refractivity contribution in [2.75, 3.05) is 5.75 Å². The second-order valence-electron chi connectivity index (χ2n) is 1.92. The van der Waals surface area contributed by atoms with Gasteiger partial charge in [0.15, 0.2) is 0 Å². The predicted octanol–water partition coefficient (Wildman–Crippen LogP) is -0.461. The van der Waals surface area contributed by atoms with E-state index in [1.807, 2.05) is 0 Å². The van der Waals surface area contributed by atoms with Crippen LogP contribution in [0.15, 0.2) is 0 Å². The molecule has 55 valence electrons. The summed E-state index contributed by atoms with van der Waals surface area (Å²) in [5, 5.41) is 0. The molecule has 0 aromatic rings. The van der Waals surface area contributed by atoms with Gasteiger partial charge in [0, 0.05) is 6.04 Å². The Hall–Kier alpha value is -0.0900. The summed E-state index contributed by atoms with van der Waals surface area (Å²) in [6.45, 7) is 3.56. The van der Waals surface area contributed by atoms with Gasteiger partial charge >= 0.3 is 0 Å². The van der Waals surface area contributed by atoms with Crippen LogP contribution in [0.25, 0.3) is 0 Å². The van der Waals surface area contributed by atoms with Gasteiger partial charge in [0.2, 0.25) is 0 Å². The van der Waals surface area contributed by atoms with Crippen molar-refractivity contribution < 1.29 is 8.42 Å². The molecule has 0 aliphatic rings. The first-order valence-corrected chi connectivity index (χ1v) is 4.19. The van der Waals surface area contributed by atoms with Crippen LogP contribution in [0.3, 0.4) is 0 Å². The number of hydrogen-bond donors (Lipinski definition) is 2. The summed E-state index contributed by atoms with van der Waals surface area (Å²) in [7, 11) is -2.30. The highest BCUT2D eigenvalue weighted by Gasteiger charge is 2.00. The Bertz CT molecular complexity index is 125. The minimum absolute atomic E-state index is 0.0881. The van der Waals surface area contributed by atoms with Crippen LogP contribution >= 0.6 is 0 Å². The van der Waals surface area contributed by atoms with Gasteiger partial charge in [0.05, 0.1) is 5.75 Å². The molecule has 1 atom stereocenters. The highest BCUT2D eigenvalue weighted by Crippen LogP contribution is 1.91. The molecule has 2 N–H and O–H groups in total. The first-order chi connectivity index (χ1) is 4.16. The molecule has 0 aliphatic heterocycles. The van der Waals surface area contributed by atoms with Crippen molar-refractivity contribution in [1.29, 1.82) is 0 Å². The number of hydrogen-bond acceptors (Lipinski definition) is 3. The van der Waals surface area contributed by atoms with Crippen LogP contribution in [0, 0.1) is 6.92 Å².